The van der Waals surface area contributed by atoms with Gasteiger partial charge in [-0.3, -0.25) is 4.90 Å². The molecule has 4 heteroatoms. The number of piperazine rings is 1. The first-order valence-electron chi connectivity index (χ1n) is 8.61. The topological polar surface area (TPSA) is 45.5 Å². The van der Waals surface area contributed by atoms with Gasteiger partial charge in [0.2, 0.25) is 0 Å². The molecule has 3 rings (SSSR count). The molecule has 0 bridgehead atoms. The van der Waals surface area contributed by atoms with Gasteiger partial charge < -0.3 is 9.73 Å². The molecule has 124 valence electrons. The molecule has 1 saturated heterocycles. The second-order valence-electron chi connectivity index (χ2n) is 6.75. The van der Waals surface area contributed by atoms with E-state index in [9.17, 15) is 4.79 Å². The predicted molar refractivity (Wildman–Crippen MR) is 93.8 cm³/mol. The molecule has 0 radical (unpaired) electrons. The summed E-state index contributed by atoms with van der Waals surface area (Å²) < 4.78 is 5.71. The SMILES string of the molecule is CCCC(c1cc2ccccc2c(=O)o1)N1C[C@@H](C)N[C@@H](C)C1. The summed E-state index contributed by atoms with van der Waals surface area (Å²) in [6, 6.07) is 10.8. The van der Waals surface area contributed by atoms with E-state index in [0.29, 0.717) is 17.5 Å². The van der Waals surface area contributed by atoms with Crippen molar-refractivity contribution in [1.82, 2.24) is 10.2 Å². The standard InChI is InChI=1S/C19H26N2O2/c1-4-7-17(21-11-13(2)20-14(3)12-21)18-10-15-8-5-6-9-16(15)19(22)23-18/h5-6,8-10,13-14,17,20H,4,7,11-12H2,1-3H3/t13-,14+,17?. The first-order valence-corrected chi connectivity index (χ1v) is 8.61. The van der Waals surface area contributed by atoms with E-state index in [1.54, 1.807) is 0 Å². The van der Waals surface area contributed by atoms with Crippen LogP contribution >= 0.6 is 0 Å². The molecule has 1 aromatic heterocycles. The number of rotatable bonds is 4. The number of benzene rings is 1. The lowest BCUT2D eigenvalue weighted by atomic mass is 10.0. The Morgan fingerprint density at radius 3 is 2.65 bits per heavy atom. The van der Waals surface area contributed by atoms with Crippen molar-refractivity contribution in [2.75, 3.05) is 13.1 Å². The van der Waals surface area contributed by atoms with E-state index >= 15 is 0 Å². The van der Waals surface area contributed by atoms with Crippen molar-refractivity contribution in [3.05, 3.63) is 46.5 Å². The molecule has 2 aromatic rings. The third-order valence-corrected chi connectivity index (χ3v) is 4.61. The van der Waals surface area contributed by atoms with Gasteiger partial charge in [-0.2, -0.15) is 0 Å². The molecule has 23 heavy (non-hydrogen) atoms. The molecule has 1 N–H and O–H groups in total. The van der Waals surface area contributed by atoms with Crippen molar-refractivity contribution in [1.29, 1.82) is 0 Å². The van der Waals surface area contributed by atoms with Crippen LogP contribution in [0, 0.1) is 0 Å². The second-order valence-corrected chi connectivity index (χ2v) is 6.75. The third-order valence-electron chi connectivity index (χ3n) is 4.61. The van der Waals surface area contributed by atoms with Gasteiger partial charge in [-0.1, -0.05) is 31.5 Å². The number of fused-ring (bicyclic) bond motifs is 1. The molecule has 0 aliphatic carbocycles. The Morgan fingerprint density at radius 1 is 1.26 bits per heavy atom. The lowest BCUT2D eigenvalue weighted by molar-refractivity contribution is 0.101. The van der Waals surface area contributed by atoms with Crippen LogP contribution < -0.4 is 10.9 Å². The fraction of sp³-hybridized carbons (Fsp3) is 0.526. The number of hydrogen-bond acceptors (Lipinski definition) is 4. The molecule has 0 saturated carbocycles. The maximum atomic E-state index is 12.3. The van der Waals surface area contributed by atoms with Crippen LogP contribution in [0.15, 0.2) is 39.5 Å². The number of nitrogens with one attached hydrogen (secondary N) is 1. The van der Waals surface area contributed by atoms with Crippen molar-refractivity contribution in [3.8, 4) is 0 Å². The zero-order valence-corrected chi connectivity index (χ0v) is 14.2. The Labute approximate surface area is 137 Å². The molecule has 1 aromatic carbocycles. The smallest absolute Gasteiger partial charge is 0.343 e. The molecular formula is C19H26N2O2. The van der Waals surface area contributed by atoms with E-state index < -0.39 is 0 Å². The highest BCUT2D eigenvalue weighted by molar-refractivity contribution is 5.81. The van der Waals surface area contributed by atoms with E-state index in [0.717, 1.165) is 37.1 Å². The summed E-state index contributed by atoms with van der Waals surface area (Å²) >= 11 is 0. The van der Waals surface area contributed by atoms with E-state index in [2.05, 4.69) is 37.1 Å². The Kier molecular flexibility index (Phi) is 4.83. The molecule has 0 spiro atoms. The number of nitrogens with zero attached hydrogens (tertiary/aromatic N) is 1. The van der Waals surface area contributed by atoms with E-state index in [1.165, 1.54) is 0 Å². The summed E-state index contributed by atoms with van der Waals surface area (Å²) in [5, 5.41) is 5.19. The van der Waals surface area contributed by atoms with Crippen LogP contribution in [-0.4, -0.2) is 30.1 Å². The lowest BCUT2D eigenvalue weighted by Crippen LogP contribution is -2.55. The van der Waals surface area contributed by atoms with Crippen LogP contribution in [0.3, 0.4) is 0 Å². The van der Waals surface area contributed by atoms with Gasteiger partial charge in [0.05, 0.1) is 11.4 Å². The average Bonchev–Trinajstić information content (AvgIpc) is 2.51. The van der Waals surface area contributed by atoms with Gasteiger partial charge in [-0.15, -0.1) is 0 Å². The van der Waals surface area contributed by atoms with Gasteiger partial charge in [0.15, 0.2) is 0 Å². The maximum absolute atomic E-state index is 12.3. The minimum atomic E-state index is -0.226. The van der Waals surface area contributed by atoms with Crippen LogP contribution in [0.25, 0.3) is 10.8 Å². The normalized spacial score (nSPS) is 24.0. The molecule has 0 amide bonds. The summed E-state index contributed by atoms with van der Waals surface area (Å²) in [7, 11) is 0. The monoisotopic (exact) mass is 314 g/mol. The summed E-state index contributed by atoms with van der Waals surface area (Å²) in [4.78, 5) is 14.8. The quantitative estimate of drug-likeness (QED) is 0.940. The van der Waals surface area contributed by atoms with Gasteiger partial charge in [0, 0.05) is 25.2 Å². The summed E-state index contributed by atoms with van der Waals surface area (Å²) in [6.45, 7) is 8.56. The molecule has 1 unspecified atom stereocenters. The molecule has 3 atom stereocenters. The Morgan fingerprint density at radius 2 is 1.96 bits per heavy atom. The van der Waals surface area contributed by atoms with Crippen LogP contribution in [0.1, 0.15) is 45.4 Å². The highest BCUT2D eigenvalue weighted by atomic mass is 16.4. The summed E-state index contributed by atoms with van der Waals surface area (Å²) in [5.41, 5.74) is -0.226. The lowest BCUT2D eigenvalue weighted by Gasteiger charge is -2.40. The van der Waals surface area contributed by atoms with E-state index in [1.807, 2.05) is 24.3 Å². The van der Waals surface area contributed by atoms with Gasteiger partial charge in [0.1, 0.15) is 5.76 Å². The van der Waals surface area contributed by atoms with Crippen LogP contribution in [-0.2, 0) is 0 Å². The summed E-state index contributed by atoms with van der Waals surface area (Å²) in [6.07, 6.45) is 2.06. The predicted octanol–water partition coefficient (Wildman–Crippen LogP) is 3.32. The highest BCUT2D eigenvalue weighted by Gasteiger charge is 2.29. The van der Waals surface area contributed by atoms with Gasteiger partial charge >= 0.3 is 5.63 Å². The van der Waals surface area contributed by atoms with Crippen molar-refractivity contribution in [3.63, 3.8) is 0 Å². The highest BCUT2D eigenvalue weighted by Crippen LogP contribution is 2.28. The van der Waals surface area contributed by atoms with E-state index in [-0.39, 0.29) is 11.7 Å². The Bertz CT molecular complexity index is 715. The molecule has 1 aliphatic heterocycles. The fourth-order valence-corrected chi connectivity index (χ4v) is 3.72. The van der Waals surface area contributed by atoms with Gasteiger partial charge in [-0.05, 0) is 37.8 Å². The van der Waals surface area contributed by atoms with Gasteiger partial charge in [0.25, 0.3) is 0 Å². The maximum Gasteiger partial charge on any atom is 0.343 e. The van der Waals surface area contributed by atoms with Crippen LogP contribution in [0.2, 0.25) is 0 Å². The Hall–Kier alpha value is -1.65. The van der Waals surface area contributed by atoms with Crippen molar-refractivity contribution in [2.45, 2.75) is 51.7 Å². The fourth-order valence-electron chi connectivity index (χ4n) is 3.72. The number of hydrogen-bond donors (Lipinski definition) is 1. The largest absolute Gasteiger partial charge is 0.426 e. The minimum Gasteiger partial charge on any atom is -0.426 e. The zero-order chi connectivity index (χ0) is 16.4. The first-order chi connectivity index (χ1) is 11.1. The van der Waals surface area contributed by atoms with Crippen LogP contribution in [0.5, 0.6) is 0 Å². The van der Waals surface area contributed by atoms with E-state index in [4.69, 9.17) is 4.42 Å². The second kappa shape index (κ2) is 6.85. The molecule has 1 fully saturated rings. The van der Waals surface area contributed by atoms with Crippen molar-refractivity contribution >= 4 is 10.8 Å². The van der Waals surface area contributed by atoms with Crippen molar-refractivity contribution < 1.29 is 4.42 Å². The molecule has 1 aliphatic rings. The first kappa shape index (κ1) is 16.2. The Balaban J connectivity index is 1.99. The molecule has 2 heterocycles. The minimum absolute atomic E-state index is 0.171. The summed E-state index contributed by atoms with van der Waals surface area (Å²) in [5.74, 6) is 0.803. The third kappa shape index (κ3) is 3.48. The van der Waals surface area contributed by atoms with Gasteiger partial charge in [-0.25, -0.2) is 4.79 Å². The molecular weight excluding hydrogens is 288 g/mol. The molecule has 4 nitrogen and oxygen atoms in total. The van der Waals surface area contributed by atoms with Crippen molar-refractivity contribution in [2.24, 2.45) is 0 Å². The van der Waals surface area contributed by atoms with Crippen LogP contribution in [0.4, 0.5) is 0 Å². The zero-order valence-electron chi connectivity index (χ0n) is 14.2. The average molecular weight is 314 g/mol.